The van der Waals surface area contributed by atoms with Gasteiger partial charge in [-0.15, -0.1) is 0 Å². The molecule has 0 unspecified atom stereocenters. The molecule has 2 aliphatic carbocycles. The van der Waals surface area contributed by atoms with E-state index in [-0.39, 0.29) is 19.8 Å². The standard InChI is InChI=1S/C22H24N2O6.C12H23N/c25-20(26)14-24(22(28)30-16-18-9-5-2-6-10-18)19-11-12-23(13-19)21(27)29-15-17-7-3-1-4-8-17;1-3-7-11(8-4-1)13-12-9-5-2-6-10-12/h1-10,19H,11-16H2,(H,25,26);11-13H,1-10H2/t19-;/m0./s1. The van der Waals surface area contributed by atoms with E-state index in [0.29, 0.717) is 13.0 Å². The van der Waals surface area contributed by atoms with Crippen molar-refractivity contribution in [2.24, 2.45) is 0 Å². The minimum atomic E-state index is -1.39. The second kappa shape index (κ2) is 17.5. The van der Waals surface area contributed by atoms with Crippen molar-refractivity contribution in [3.05, 3.63) is 71.8 Å². The largest absolute Gasteiger partial charge is 0.548 e. The van der Waals surface area contributed by atoms with E-state index < -0.39 is 30.7 Å². The molecule has 2 N–H and O–H groups in total. The molecule has 1 heterocycles. The molecular formula is C34H47N3O6. The van der Waals surface area contributed by atoms with E-state index >= 15 is 0 Å². The van der Waals surface area contributed by atoms with E-state index in [9.17, 15) is 19.5 Å². The Labute approximate surface area is 255 Å². The molecule has 0 spiro atoms. The summed E-state index contributed by atoms with van der Waals surface area (Å²) in [5.41, 5.74) is 1.65. The number of rotatable bonds is 9. The van der Waals surface area contributed by atoms with Crippen molar-refractivity contribution in [3.8, 4) is 0 Å². The Morgan fingerprint density at radius 1 is 0.744 bits per heavy atom. The van der Waals surface area contributed by atoms with E-state index in [1.165, 1.54) is 69.1 Å². The lowest BCUT2D eigenvalue weighted by atomic mass is 9.91. The Bertz CT molecular complexity index is 1100. The van der Waals surface area contributed by atoms with Crippen molar-refractivity contribution >= 4 is 18.2 Å². The Hall–Kier alpha value is -3.59. The third-order valence-electron chi connectivity index (χ3n) is 8.65. The maximum Gasteiger partial charge on any atom is 0.410 e. The Morgan fingerprint density at radius 2 is 1.26 bits per heavy atom. The zero-order valence-electron chi connectivity index (χ0n) is 25.2. The van der Waals surface area contributed by atoms with Gasteiger partial charge in [-0.2, -0.15) is 0 Å². The van der Waals surface area contributed by atoms with E-state index in [4.69, 9.17) is 9.47 Å². The summed E-state index contributed by atoms with van der Waals surface area (Å²) in [6.45, 7) is 0.0851. The van der Waals surface area contributed by atoms with E-state index in [1.807, 2.05) is 48.5 Å². The van der Waals surface area contributed by atoms with E-state index in [2.05, 4.69) is 5.32 Å². The molecule has 3 fully saturated rings. The molecule has 0 bridgehead atoms. The van der Waals surface area contributed by atoms with Crippen LogP contribution in [0.3, 0.4) is 0 Å². The molecular weight excluding hydrogens is 546 g/mol. The number of hydrogen-bond donors (Lipinski definition) is 1. The summed E-state index contributed by atoms with van der Waals surface area (Å²) in [6, 6.07) is 19.9. The highest BCUT2D eigenvalue weighted by atomic mass is 16.6. The normalized spacial score (nSPS) is 19.2. The first kappa shape index (κ1) is 32.3. The van der Waals surface area contributed by atoms with Crippen molar-refractivity contribution in [1.29, 1.82) is 0 Å². The molecule has 2 saturated carbocycles. The van der Waals surface area contributed by atoms with Gasteiger partial charge in [-0.05, 0) is 68.9 Å². The number of nitrogens with zero attached hydrogens (tertiary/aromatic N) is 2. The van der Waals surface area contributed by atoms with Gasteiger partial charge in [0, 0.05) is 13.1 Å². The van der Waals surface area contributed by atoms with Gasteiger partial charge in [-0.25, -0.2) is 9.59 Å². The molecule has 0 radical (unpaired) electrons. The number of ether oxygens (including phenoxy) is 2. The molecule has 9 heteroatoms. The molecule has 234 valence electrons. The number of aliphatic carboxylic acids is 1. The summed E-state index contributed by atoms with van der Waals surface area (Å²) in [5, 5.41) is 13.9. The van der Waals surface area contributed by atoms with Crippen molar-refractivity contribution in [3.63, 3.8) is 0 Å². The van der Waals surface area contributed by atoms with Crippen LogP contribution in [-0.2, 0) is 27.5 Å². The molecule has 43 heavy (non-hydrogen) atoms. The zero-order valence-corrected chi connectivity index (χ0v) is 25.2. The molecule has 9 nitrogen and oxygen atoms in total. The topological polar surface area (TPSA) is 116 Å². The number of hydrogen-bond acceptors (Lipinski definition) is 6. The van der Waals surface area contributed by atoms with Crippen LogP contribution in [-0.4, -0.2) is 65.7 Å². The lowest BCUT2D eigenvalue weighted by molar-refractivity contribution is -0.725. The van der Waals surface area contributed by atoms with Crippen LogP contribution in [0.25, 0.3) is 0 Å². The van der Waals surface area contributed by atoms with Crippen LogP contribution in [0.5, 0.6) is 0 Å². The summed E-state index contributed by atoms with van der Waals surface area (Å²) in [6.07, 6.45) is 14.1. The van der Waals surface area contributed by atoms with Gasteiger partial charge in [0.2, 0.25) is 0 Å². The number of carbonyl (C=O) groups is 3. The fourth-order valence-corrected chi connectivity index (χ4v) is 6.29. The quantitative estimate of drug-likeness (QED) is 0.470. The summed E-state index contributed by atoms with van der Waals surface area (Å²) < 4.78 is 10.6. The third-order valence-corrected chi connectivity index (χ3v) is 8.65. The smallest absolute Gasteiger partial charge is 0.410 e. The second-order valence-electron chi connectivity index (χ2n) is 12.0. The second-order valence-corrected chi connectivity index (χ2v) is 12.0. The molecule has 1 aliphatic heterocycles. The van der Waals surface area contributed by atoms with Gasteiger partial charge in [0.1, 0.15) is 13.2 Å². The van der Waals surface area contributed by atoms with Crippen molar-refractivity contribution in [1.82, 2.24) is 9.80 Å². The number of benzene rings is 2. The van der Waals surface area contributed by atoms with Crippen LogP contribution in [0.15, 0.2) is 60.7 Å². The van der Waals surface area contributed by atoms with Gasteiger partial charge >= 0.3 is 12.2 Å². The fraction of sp³-hybridized carbons (Fsp3) is 0.559. The first-order valence-electron chi connectivity index (χ1n) is 16.0. The predicted octanol–water partition coefficient (Wildman–Crippen LogP) is 4.00. The first-order valence-corrected chi connectivity index (χ1v) is 16.0. The molecule has 2 aromatic rings. The van der Waals surface area contributed by atoms with Crippen LogP contribution in [0.4, 0.5) is 9.59 Å². The lowest BCUT2D eigenvalue weighted by Crippen LogP contribution is -2.95. The lowest BCUT2D eigenvalue weighted by Gasteiger charge is -2.28. The van der Waals surface area contributed by atoms with Crippen LogP contribution >= 0.6 is 0 Å². The van der Waals surface area contributed by atoms with Crippen LogP contribution in [0.2, 0.25) is 0 Å². The molecule has 5 rings (SSSR count). The summed E-state index contributed by atoms with van der Waals surface area (Å²) in [7, 11) is 0. The number of quaternary nitrogens is 1. The van der Waals surface area contributed by atoms with E-state index in [0.717, 1.165) is 28.1 Å². The van der Waals surface area contributed by atoms with E-state index in [1.54, 1.807) is 12.1 Å². The average Bonchev–Trinajstić information content (AvgIpc) is 3.54. The van der Waals surface area contributed by atoms with Gasteiger partial charge in [0.25, 0.3) is 0 Å². The van der Waals surface area contributed by atoms with Gasteiger partial charge in [-0.3, -0.25) is 4.90 Å². The Balaban J connectivity index is 0.000000269. The number of likely N-dealkylation sites (tertiary alicyclic amines) is 1. The molecule has 2 aromatic carbocycles. The van der Waals surface area contributed by atoms with Gasteiger partial charge in [0.05, 0.1) is 30.6 Å². The highest BCUT2D eigenvalue weighted by molar-refractivity contribution is 5.76. The van der Waals surface area contributed by atoms with Gasteiger partial charge in [-0.1, -0.05) is 73.5 Å². The number of carboxylic acids is 1. The Morgan fingerprint density at radius 3 is 1.77 bits per heavy atom. The van der Waals surface area contributed by atoms with Crippen molar-refractivity contribution in [2.45, 2.75) is 102 Å². The molecule has 3 aliphatic rings. The predicted molar refractivity (Wildman–Crippen MR) is 161 cm³/mol. The molecule has 0 aromatic heterocycles. The summed E-state index contributed by atoms with van der Waals surface area (Å²) >= 11 is 0. The minimum Gasteiger partial charge on any atom is -0.548 e. The van der Waals surface area contributed by atoms with Crippen LogP contribution in [0, 0.1) is 0 Å². The first-order chi connectivity index (χ1) is 21.0. The molecule has 2 amide bonds. The highest BCUT2D eigenvalue weighted by Gasteiger charge is 2.34. The average molecular weight is 594 g/mol. The maximum atomic E-state index is 12.5. The highest BCUT2D eigenvalue weighted by Crippen LogP contribution is 2.20. The molecule has 1 saturated heterocycles. The number of nitrogens with two attached hydrogens (primary N) is 1. The van der Waals surface area contributed by atoms with Gasteiger partial charge in [0.15, 0.2) is 0 Å². The van der Waals surface area contributed by atoms with Crippen molar-refractivity contribution in [2.75, 3.05) is 19.6 Å². The number of carboxylic acid groups (broad SMARTS) is 1. The fourth-order valence-electron chi connectivity index (χ4n) is 6.29. The van der Waals surface area contributed by atoms with Gasteiger partial charge < -0.3 is 29.6 Å². The third kappa shape index (κ3) is 11.2. The SMILES string of the molecule is C1CCC([NH2+]C2CCCCC2)CC1.O=C([O-])CN(C(=O)OCc1ccccc1)[C@H]1CCN(C(=O)OCc2ccccc2)C1. The monoisotopic (exact) mass is 593 g/mol. The summed E-state index contributed by atoms with van der Waals surface area (Å²) in [4.78, 5) is 38.5. The maximum absolute atomic E-state index is 12.5. The Kier molecular flexibility index (Phi) is 13.2. The molecule has 1 atom stereocenters. The number of amides is 2. The van der Waals surface area contributed by atoms with Crippen LogP contribution in [0.1, 0.15) is 81.8 Å². The van der Waals surface area contributed by atoms with Crippen molar-refractivity contribution < 1.29 is 34.3 Å². The zero-order chi connectivity index (χ0) is 30.3. The summed E-state index contributed by atoms with van der Waals surface area (Å²) in [5.74, 6) is -1.39. The minimum absolute atomic E-state index is 0.0266. The van der Waals surface area contributed by atoms with Crippen LogP contribution < -0.4 is 10.4 Å². The number of carbonyl (C=O) groups excluding carboxylic acids is 3.